The molecule has 2 heterocycles. The fourth-order valence-electron chi connectivity index (χ4n) is 0.979. The number of pyridine rings is 1. The number of nitrogens with one attached hydrogen (secondary N) is 1. The number of hydrogen-bond donors (Lipinski definition) is 1. The molecule has 0 aliphatic rings. The average molecular weight is 271 g/mol. The van der Waals surface area contributed by atoms with E-state index in [2.05, 4.69) is 36.4 Å². The lowest BCUT2D eigenvalue weighted by Gasteiger charge is -1.96. The molecule has 0 spiro atoms. The fraction of sp³-hybridized carbons (Fsp3) is 0.125. The number of hydrogen-bond acceptors (Lipinski definition) is 5. The van der Waals surface area contributed by atoms with Crippen molar-refractivity contribution < 1.29 is 0 Å². The summed E-state index contributed by atoms with van der Waals surface area (Å²) >= 11 is 4.87. The first-order valence-electron chi connectivity index (χ1n) is 3.93. The molecule has 0 aliphatic carbocycles. The first-order chi connectivity index (χ1) is 6.81. The standard InChI is InChI=1S/C8H7BrN4S/c1-10-8-13-12-7(14-8)5-3-2-4-11-6(5)9/h2-4H,1H3,(H,10,13). The van der Waals surface area contributed by atoms with E-state index in [-0.39, 0.29) is 0 Å². The summed E-state index contributed by atoms with van der Waals surface area (Å²) in [5, 5.41) is 12.6. The Morgan fingerprint density at radius 1 is 1.43 bits per heavy atom. The minimum Gasteiger partial charge on any atom is -0.363 e. The van der Waals surface area contributed by atoms with Crippen molar-refractivity contribution in [2.75, 3.05) is 12.4 Å². The lowest BCUT2D eigenvalue weighted by Crippen LogP contribution is -1.84. The van der Waals surface area contributed by atoms with Crippen molar-refractivity contribution in [2.24, 2.45) is 0 Å². The molecule has 14 heavy (non-hydrogen) atoms. The van der Waals surface area contributed by atoms with Crippen molar-refractivity contribution in [3.05, 3.63) is 22.9 Å². The molecule has 0 aromatic carbocycles. The van der Waals surface area contributed by atoms with E-state index in [1.807, 2.05) is 19.2 Å². The van der Waals surface area contributed by atoms with Crippen LogP contribution in [0.5, 0.6) is 0 Å². The van der Waals surface area contributed by atoms with Gasteiger partial charge in [-0.3, -0.25) is 0 Å². The molecule has 2 aromatic heterocycles. The maximum absolute atomic E-state index is 4.13. The number of rotatable bonds is 2. The molecule has 0 amide bonds. The molecule has 1 N–H and O–H groups in total. The predicted molar refractivity (Wildman–Crippen MR) is 60.4 cm³/mol. The van der Waals surface area contributed by atoms with Crippen LogP contribution in [0.25, 0.3) is 10.6 Å². The molecule has 4 nitrogen and oxygen atoms in total. The Kier molecular flexibility index (Phi) is 2.74. The maximum Gasteiger partial charge on any atom is 0.205 e. The van der Waals surface area contributed by atoms with Gasteiger partial charge >= 0.3 is 0 Å². The van der Waals surface area contributed by atoms with Crippen LogP contribution in [0, 0.1) is 0 Å². The van der Waals surface area contributed by atoms with Crippen LogP contribution in [0.15, 0.2) is 22.9 Å². The van der Waals surface area contributed by atoms with Crippen molar-refractivity contribution in [3.8, 4) is 10.6 Å². The van der Waals surface area contributed by atoms with Gasteiger partial charge < -0.3 is 5.32 Å². The third kappa shape index (κ3) is 1.76. The lowest BCUT2D eigenvalue weighted by molar-refractivity contribution is 1.09. The molecule has 2 aromatic rings. The summed E-state index contributed by atoms with van der Waals surface area (Å²) in [6.45, 7) is 0. The van der Waals surface area contributed by atoms with Crippen LogP contribution in [-0.2, 0) is 0 Å². The van der Waals surface area contributed by atoms with Gasteiger partial charge in [-0.05, 0) is 28.1 Å². The van der Waals surface area contributed by atoms with E-state index in [1.54, 1.807) is 6.20 Å². The normalized spacial score (nSPS) is 10.1. The third-order valence-corrected chi connectivity index (χ3v) is 3.23. The zero-order chi connectivity index (χ0) is 9.97. The van der Waals surface area contributed by atoms with Gasteiger partial charge in [-0.2, -0.15) is 0 Å². The molecule has 2 rings (SSSR count). The zero-order valence-electron chi connectivity index (χ0n) is 7.36. The second-order valence-corrected chi connectivity index (χ2v) is 4.23. The van der Waals surface area contributed by atoms with E-state index in [1.165, 1.54) is 11.3 Å². The number of aromatic nitrogens is 3. The van der Waals surface area contributed by atoms with Gasteiger partial charge in [-0.25, -0.2) is 4.98 Å². The van der Waals surface area contributed by atoms with Gasteiger partial charge in [-0.1, -0.05) is 11.3 Å². The summed E-state index contributed by atoms with van der Waals surface area (Å²) in [7, 11) is 1.82. The summed E-state index contributed by atoms with van der Waals surface area (Å²) < 4.78 is 0.791. The quantitative estimate of drug-likeness (QED) is 0.852. The molecular formula is C8H7BrN4S. The molecule has 6 heteroatoms. The molecule has 0 unspecified atom stereocenters. The number of anilines is 1. The van der Waals surface area contributed by atoms with Gasteiger partial charge in [-0.15, -0.1) is 10.2 Å². The molecular weight excluding hydrogens is 264 g/mol. The largest absolute Gasteiger partial charge is 0.363 e. The first kappa shape index (κ1) is 9.54. The Bertz CT molecular complexity index is 442. The summed E-state index contributed by atoms with van der Waals surface area (Å²) in [5.41, 5.74) is 0.964. The highest BCUT2D eigenvalue weighted by Gasteiger charge is 2.08. The van der Waals surface area contributed by atoms with E-state index in [4.69, 9.17) is 0 Å². The minimum absolute atomic E-state index is 0.791. The molecule has 0 atom stereocenters. The van der Waals surface area contributed by atoms with Gasteiger partial charge in [0.25, 0.3) is 0 Å². The Balaban J connectivity index is 2.44. The van der Waals surface area contributed by atoms with Crippen LogP contribution >= 0.6 is 27.3 Å². The summed E-state index contributed by atoms with van der Waals surface area (Å²) in [4.78, 5) is 4.13. The molecule has 0 aliphatic heterocycles. The molecule has 0 fully saturated rings. The Labute approximate surface area is 93.5 Å². The number of halogens is 1. The third-order valence-electron chi connectivity index (χ3n) is 1.63. The van der Waals surface area contributed by atoms with E-state index in [0.29, 0.717) is 0 Å². The van der Waals surface area contributed by atoms with Gasteiger partial charge in [0.05, 0.1) is 0 Å². The Morgan fingerprint density at radius 2 is 2.29 bits per heavy atom. The predicted octanol–water partition coefficient (Wildman–Crippen LogP) is 2.40. The molecule has 0 saturated carbocycles. The molecule has 72 valence electrons. The van der Waals surface area contributed by atoms with Gasteiger partial charge in [0.15, 0.2) is 5.01 Å². The lowest BCUT2D eigenvalue weighted by atomic mass is 10.3. The van der Waals surface area contributed by atoms with Crippen LogP contribution in [0.3, 0.4) is 0 Å². The van der Waals surface area contributed by atoms with Crippen molar-refractivity contribution >= 4 is 32.4 Å². The van der Waals surface area contributed by atoms with Crippen molar-refractivity contribution in [1.29, 1.82) is 0 Å². The fourth-order valence-corrected chi connectivity index (χ4v) is 2.27. The second-order valence-electron chi connectivity index (χ2n) is 2.50. The smallest absolute Gasteiger partial charge is 0.205 e. The second kappa shape index (κ2) is 4.02. The minimum atomic E-state index is 0.791. The SMILES string of the molecule is CNc1nnc(-c2cccnc2Br)s1. The summed E-state index contributed by atoms with van der Waals surface area (Å²) in [6.07, 6.45) is 1.73. The first-order valence-corrected chi connectivity index (χ1v) is 5.54. The van der Waals surface area contributed by atoms with Crippen LogP contribution in [0.4, 0.5) is 5.13 Å². The van der Waals surface area contributed by atoms with Crippen molar-refractivity contribution in [2.45, 2.75) is 0 Å². The van der Waals surface area contributed by atoms with Crippen LogP contribution < -0.4 is 5.32 Å². The van der Waals surface area contributed by atoms with E-state index >= 15 is 0 Å². The van der Waals surface area contributed by atoms with Gasteiger partial charge in [0.1, 0.15) is 4.60 Å². The van der Waals surface area contributed by atoms with Gasteiger partial charge in [0.2, 0.25) is 5.13 Å². The molecule has 0 bridgehead atoms. The molecule has 0 saturated heterocycles. The van der Waals surface area contributed by atoms with E-state index in [0.717, 1.165) is 20.3 Å². The Morgan fingerprint density at radius 3 is 2.93 bits per heavy atom. The van der Waals surface area contributed by atoms with Gasteiger partial charge in [0, 0.05) is 18.8 Å². The zero-order valence-corrected chi connectivity index (χ0v) is 9.76. The highest BCUT2D eigenvalue weighted by atomic mass is 79.9. The molecule has 0 radical (unpaired) electrons. The average Bonchev–Trinajstić information content (AvgIpc) is 2.67. The van der Waals surface area contributed by atoms with Crippen LogP contribution in [-0.4, -0.2) is 22.2 Å². The van der Waals surface area contributed by atoms with Crippen LogP contribution in [0.1, 0.15) is 0 Å². The Hall–Kier alpha value is -1.01. The van der Waals surface area contributed by atoms with Crippen LogP contribution in [0.2, 0.25) is 0 Å². The maximum atomic E-state index is 4.13. The number of nitrogens with zero attached hydrogens (tertiary/aromatic N) is 3. The highest BCUT2D eigenvalue weighted by molar-refractivity contribution is 9.10. The van der Waals surface area contributed by atoms with Crippen molar-refractivity contribution in [1.82, 2.24) is 15.2 Å². The topological polar surface area (TPSA) is 50.7 Å². The summed E-state index contributed by atoms with van der Waals surface area (Å²) in [5.74, 6) is 0. The van der Waals surface area contributed by atoms with E-state index < -0.39 is 0 Å². The summed E-state index contributed by atoms with van der Waals surface area (Å²) in [6, 6.07) is 3.83. The monoisotopic (exact) mass is 270 g/mol. The van der Waals surface area contributed by atoms with E-state index in [9.17, 15) is 0 Å². The van der Waals surface area contributed by atoms with Crippen molar-refractivity contribution in [3.63, 3.8) is 0 Å². The highest BCUT2D eigenvalue weighted by Crippen LogP contribution is 2.30.